The zero-order valence-electron chi connectivity index (χ0n) is 11.9. The molecule has 19 heavy (non-hydrogen) atoms. The summed E-state index contributed by atoms with van der Waals surface area (Å²) in [6.07, 6.45) is 7.81. The van der Waals surface area contributed by atoms with E-state index < -0.39 is 0 Å². The Morgan fingerprint density at radius 1 is 1.16 bits per heavy atom. The molecule has 0 saturated carbocycles. The number of unbranched alkanes of at least 4 members (excludes halogenated alkanes) is 5. The molecule has 0 bridgehead atoms. The van der Waals surface area contributed by atoms with Crippen LogP contribution in [-0.4, -0.2) is 12.9 Å². The number of halogens is 1. The lowest BCUT2D eigenvalue weighted by Crippen LogP contribution is -2.02. The number of hydrogen-bond acceptors (Lipinski definition) is 2. The van der Waals surface area contributed by atoms with Gasteiger partial charge in [0.25, 0.3) is 0 Å². The lowest BCUT2D eigenvalue weighted by Gasteiger charge is -2.08. The van der Waals surface area contributed by atoms with Gasteiger partial charge in [0, 0.05) is 10.9 Å². The van der Waals surface area contributed by atoms with E-state index in [1.807, 2.05) is 18.2 Å². The molecule has 0 N–H and O–H groups in total. The third-order valence-electron chi connectivity index (χ3n) is 3.22. The number of rotatable bonds is 9. The third kappa shape index (κ3) is 5.77. The molecular formula is C16H23BrO2. The van der Waals surface area contributed by atoms with Crippen molar-refractivity contribution >= 4 is 21.7 Å². The van der Waals surface area contributed by atoms with Gasteiger partial charge >= 0.3 is 0 Å². The van der Waals surface area contributed by atoms with Crippen LogP contribution in [0.5, 0.6) is 5.75 Å². The molecule has 0 aliphatic heterocycles. The lowest BCUT2D eigenvalue weighted by atomic mass is 10.0. The number of carbonyl (C=O) groups is 1. The number of ketones is 1. The average Bonchev–Trinajstić information content (AvgIpc) is 2.42. The summed E-state index contributed by atoms with van der Waals surface area (Å²) >= 11 is 3.38. The zero-order valence-corrected chi connectivity index (χ0v) is 13.5. The van der Waals surface area contributed by atoms with Gasteiger partial charge in [0.15, 0.2) is 5.78 Å². The van der Waals surface area contributed by atoms with E-state index in [0.29, 0.717) is 17.7 Å². The molecule has 0 atom stereocenters. The lowest BCUT2D eigenvalue weighted by molar-refractivity contribution is 0.0976. The van der Waals surface area contributed by atoms with Crippen molar-refractivity contribution in [3.63, 3.8) is 0 Å². The minimum absolute atomic E-state index is 0.180. The van der Waals surface area contributed by atoms with Crippen LogP contribution < -0.4 is 4.74 Å². The summed E-state index contributed by atoms with van der Waals surface area (Å²) in [6.45, 7) is 2.21. The molecule has 0 aliphatic rings. The first-order valence-electron chi connectivity index (χ1n) is 7.05. The largest absolute Gasteiger partial charge is 0.496 e. The number of Topliss-reactive ketones (excluding diaryl/α,β-unsaturated/α-hetero) is 1. The van der Waals surface area contributed by atoms with E-state index in [1.165, 1.54) is 25.7 Å². The highest BCUT2D eigenvalue weighted by Crippen LogP contribution is 2.25. The summed E-state index contributed by atoms with van der Waals surface area (Å²) in [6, 6.07) is 5.56. The van der Waals surface area contributed by atoms with Gasteiger partial charge in [-0.1, -0.05) is 55.0 Å². The predicted molar refractivity (Wildman–Crippen MR) is 83.0 cm³/mol. The van der Waals surface area contributed by atoms with Gasteiger partial charge in [-0.15, -0.1) is 0 Å². The Hall–Kier alpha value is -0.830. The Morgan fingerprint density at radius 3 is 2.53 bits per heavy atom. The fourth-order valence-electron chi connectivity index (χ4n) is 2.10. The summed E-state index contributed by atoms with van der Waals surface area (Å²) in [5, 5.41) is 0. The van der Waals surface area contributed by atoms with E-state index in [0.717, 1.165) is 17.3 Å². The molecule has 0 fully saturated rings. The molecule has 0 radical (unpaired) electrons. The maximum absolute atomic E-state index is 12.1. The molecule has 0 spiro atoms. The molecule has 3 heteroatoms. The monoisotopic (exact) mass is 326 g/mol. The predicted octanol–water partition coefficient (Wildman–Crippen LogP) is 5.39. The van der Waals surface area contributed by atoms with Gasteiger partial charge in [0.2, 0.25) is 0 Å². The third-order valence-corrected chi connectivity index (χ3v) is 3.71. The molecule has 1 rings (SSSR count). The molecule has 2 nitrogen and oxygen atoms in total. The van der Waals surface area contributed by atoms with Gasteiger partial charge in [0.1, 0.15) is 5.75 Å². The summed E-state index contributed by atoms with van der Waals surface area (Å²) in [7, 11) is 1.60. The smallest absolute Gasteiger partial charge is 0.166 e. The van der Waals surface area contributed by atoms with Crippen LogP contribution in [0, 0.1) is 0 Å². The number of ether oxygens (including phenoxy) is 1. The first-order chi connectivity index (χ1) is 9.19. The van der Waals surface area contributed by atoms with E-state index >= 15 is 0 Å². The van der Waals surface area contributed by atoms with Crippen molar-refractivity contribution in [3.8, 4) is 5.75 Å². The summed E-state index contributed by atoms with van der Waals surface area (Å²) in [4.78, 5) is 12.1. The van der Waals surface area contributed by atoms with Gasteiger partial charge in [-0.05, 0) is 24.6 Å². The van der Waals surface area contributed by atoms with Crippen molar-refractivity contribution < 1.29 is 9.53 Å². The minimum atomic E-state index is 0.180. The Morgan fingerprint density at radius 2 is 1.84 bits per heavy atom. The van der Waals surface area contributed by atoms with Crippen molar-refractivity contribution in [2.75, 3.05) is 7.11 Å². The number of methoxy groups -OCH3 is 1. The zero-order chi connectivity index (χ0) is 14.1. The van der Waals surface area contributed by atoms with Crippen LogP contribution in [0.15, 0.2) is 22.7 Å². The quantitative estimate of drug-likeness (QED) is 0.449. The van der Waals surface area contributed by atoms with E-state index in [-0.39, 0.29) is 5.78 Å². The Kier molecular flexibility index (Phi) is 7.80. The van der Waals surface area contributed by atoms with Crippen molar-refractivity contribution in [2.24, 2.45) is 0 Å². The van der Waals surface area contributed by atoms with E-state index in [9.17, 15) is 4.79 Å². The fraction of sp³-hybridized carbons (Fsp3) is 0.562. The second kappa shape index (κ2) is 9.13. The van der Waals surface area contributed by atoms with Crippen LogP contribution in [-0.2, 0) is 0 Å². The van der Waals surface area contributed by atoms with Crippen LogP contribution in [0.4, 0.5) is 0 Å². The van der Waals surface area contributed by atoms with Crippen LogP contribution in [0.1, 0.15) is 62.2 Å². The highest BCUT2D eigenvalue weighted by molar-refractivity contribution is 9.10. The molecule has 1 aromatic rings. The standard InChI is InChI=1S/C16H23BrO2/c1-3-4-5-6-7-8-9-15(18)14-11-10-13(17)12-16(14)19-2/h10-12H,3-9H2,1-2H3. The van der Waals surface area contributed by atoms with Gasteiger partial charge in [0.05, 0.1) is 12.7 Å². The second-order valence-corrected chi connectivity index (χ2v) is 5.70. The first kappa shape index (κ1) is 16.2. The highest BCUT2D eigenvalue weighted by atomic mass is 79.9. The highest BCUT2D eigenvalue weighted by Gasteiger charge is 2.11. The number of carbonyl (C=O) groups excluding carboxylic acids is 1. The SMILES string of the molecule is CCCCCCCCC(=O)c1ccc(Br)cc1OC. The van der Waals surface area contributed by atoms with E-state index in [2.05, 4.69) is 22.9 Å². The maximum Gasteiger partial charge on any atom is 0.166 e. The van der Waals surface area contributed by atoms with Crippen LogP contribution in [0.25, 0.3) is 0 Å². The molecule has 0 aliphatic carbocycles. The first-order valence-corrected chi connectivity index (χ1v) is 7.85. The number of hydrogen-bond donors (Lipinski definition) is 0. The normalized spacial score (nSPS) is 10.5. The van der Waals surface area contributed by atoms with Gasteiger partial charge in [-0.2, -0.15) is 0 Å². The van der Waals surface area contributed by atoms with Gasteiger partial charge in [-0.25, -0.2) is 0 Å². The molecule has 0 unspecified atom stereocenters. The molecule has 0 saturated heterocycles. The van der Waals surface area contributed by atoms with Crippen molar-refractivity contribution in [2.45, 2.75) is 51.9 Å². The molecule has 0 aromatic heterocycles. The maximum atomic E-state index is 12.1. The minimum Gasteiger partial charge on any atom is -0.496 e. The Labute approximate surface area is 124 Å². The average molecular weight is 327 g/mol. The van der Waals surface area contributed by atoms with Gasteiger partial charge in [-0.3, -0.25) is 4.79 Å². The molecule has 106 valence electrons. The molecule has 0 amide bonds. The van der Waals surface area contributed by atoms with Crippen molar-refractivity contribution in [1.82, 2.24) is 0 Å². The summed E-state index contributed by atoms with van der Waals surface area (Å²) in [5.74, 6) is 0.838. The molecule has 0 heterocycles. The van der Waals surface area contributed by atoms with E-state index in [1.54, 1.807) is 7.11 Å². The molecule has 1 aromatic carbocycles. The Balaban J connectivity index is 2.41. The summed E-state index contributed by atoms with van der Waals surface area (Å²) < 4.78 is 6.19. The van der Waals surface area contributed by atoms with Crippen molar-refractivity contribution in [3.05, 3.63) is 28.2 Å². The van der Waals surface area contributed by atoms with Crippen LogP contribution >= 0.6 is 15.9 Å². The van der Waals surface area contributed by atoms with Crippen LogP contribution in [0.3, 0.4) is 0 Å². The fourth-order valence-corrected chi connectivity index (χ4v) is 2.44. The number of benzene rings is 1. The second-order valence-electron chi connectivity index (χ2n) is 4.79. The van der Waals surface area contributed by atoms with Crippen molar-refractivity contribution in [1.29, 1.82) is 0 Å². The van der Waals surface area contributed by atoms with Gasteiger partial charge < -0.3 is 4.74 Å². The Bertz CT molecular complexity index is 402. The van der Waals surface area contributed by atoms with E-state index in [4.69, 9.17) is 4.74 Å². The summed E-state index contributed by atoms with van der Waals surface area (Å²) in [5.41, 5.74) is 0.694. The topological polar surface area (TPSA) is 26.3 Å². The molecular weight excluding hydrogens is 304 g/mol. The van der Waals surface area contributed by atoms with Crippen LogP contribution in [0.2, 0.25) is 0 Å².